The summed E-state index contributed by atoms with van der Waals surface area (Å²) < 4.78 is 1.13. The molecule has 0 atom stereocenters. The first-order valence-electron chi connectivity index (χ1n) is 3.88. The highest BCUT2D eigenvalue weighted by Crippen LogP contribution is 2.21. The number of carbonyl (C=O) groups excluding carboxylic acids is 1. The van der Waals surface area contributed by atoms with Crippen molar-refractivity contribution in [2.24, 2.45) is 5.73 Å². The van der Waals surface area contributed by atoms with Gasteiger partial charge in [0.1, 0.15) is 0 Å². The normalized spacial score (nSPS) is 9.77. The van der Waals surface area contributed by atoms with Crippen molar-refractivity contribution in [1.82, 2.24) is 0 Å². The third kappa shape index (κ3) is 2.15. The van der Waals surface area contributed by atoms with Crippen LogP contribution in [0.4, 0.5) is 10.5 Å². The van der Waals surface area contributed by atoms with Crippen molar-refractivity contribution in [2.45, 2.75) is 13.8 Å². The second-order valence-corrected chi connectivity index (χ2v) is 3.34. The highest BCUT2D eigenvalue weighted by molar-refractivity contribution is 7.82. The van der Waals surface area contributed by atoms with Gasteiger partial charge in [0, 0.05) is 0 Å². The monoisotopic (exact) mass is 196 g/mol. The van der Waals surface area contributed by atoms with Crippen molar-refractivity contribution in [3.63, 3.8) is 0 Å². The van der Waals surface area contributed by atoms with Crippen molar-refractivity contribution in [3.8, 4) is 0 Å². The summed E-state index contributed by atoms with van der Waals surface area (Å²) in [4.78, 5) is 10.8. The quantitative estimate of drug-likeness (QED) is 0.663. The van der Waals surface area contributed by atoms with Crippen LogP contribution in [0.5, 0.6) is 0 Å². The molecule has 0 aromatic heterocycles. The first-order valence-corrected chi connectivity index (χ1v) is 4.28. The molecule has 0 aliphatic heterocycles. The first kappa shape index (κ1) is 9.92. The van der Waals surface area contributed by atoms with Crippen LogP contribution in [0.25, 0.3) is 0 Å². The summed E-state index contributed by atoms with van der Waals surface area (Å²) in [5.74, 6) is 0. The van der Waals surface area contributed by atoms with E-state index in [1.165, 1.54) is 0 Å². The van der Waals surface area contributed by atoms with Crippen molar-refractivity contribution < 1.29 is 4.79 Å². The van der Waals surface area contributed by atoms with Crippen molar-refractivity contribution >= 4 is 24.5 Å². The lowest BCUT2D eigenvalue weighted by molar-refractivity contribution is 0.257. The van der Waals surface area contributed by atoms with Crippen LogP contribution < -0.4 is 10.0 Å². The molecule has 1 aromatic rings. The molecule has 4 heteroatoms. The molecule has 0 aliphatic carbocycles. The zero-order valence-corrected chi connectivity index (χ0v) is 8.51. The summed E-state index contributed by atoms with van der Waals surface area (Å²) in [6.07, 6.45) is 0. The van der Waals surface area contributed by atoms with Gasteiger partial charge in [-0.3, -0.25) is 0 Å². The van der Waals surface area contributed by atoms with Gasteiger partial charge in [0.2, 0.25) is 0 Å². The lowest BCUT2D eigenvalue weighted by Crippen LogP contribution is -2.27. The van der Waals surface area contributed by atoms with Gasteiger partial charge in [-0.2, -0.15) is 0 Å². The molecule has 70 valence electrons. The smallest absolute Gasteiger partial charge is 0.329 e. The van der Waals surface area contributed by atoms with E-state index >= 15 is 0 Å². The van der Waals surface area contributed by atoms with Crippen LogP contribution in [0.15, 0.2) is 18.2 Å². The van der Waals surface area contributed by atoms with Gasteiger partial charge in [-0.05, 0) is 25.5 Å². The molecular formula is C9H12N2OS. The minimum Gasteiger partial charge on any atom is -0.350 e. The Hall–Kier alpha value is -1.16. The van der Waals surface area contributed by atoms with Gasteiger partial charge in [-0.15, -0.1) is 0 Å². The molecule has 0 unspecified atom stereocenters. The van der Waals surface area contributed by atoms with E-state index < -0.39 is 6.03 Å². The molecule has 13 heavy (non-hydrogen) atoms. The van der Waals surface area contributed by atoms with Gasteiger partial charge in [-0.25, -0.2) is 9.10 Å². The Bertz CT molecular complexity index is 338. The summed E-state index contributed by atoms with van der Waals surface area (Å²) in [5, 5.41) is 0. The number of nitrogens with two attached hydrogens (primary N) is 1. The minimum atomic E-state index is -0.574. The number of hydrogen-bond donors (Lipinski definition) is 2. The lowest BCUT2D eigenvalue weighted by atomic mass is 10.1. The van der Waals surface area contributed by atoms with Gasteiger partial charge < -0.3 is 5.73 Å². The number of anilines is 1. The van der Waals surface area contributed by atoms with Crippen molar-refractivity contribution in [3.05, 3.63) is 29.3 Å². The van der Waals surface area contributed by atoms with Crippen LogP contribution in [0.3, 0.4) is 0 Å². The van der Waals surface area contributed by atoms with Crippen molar-refractivity contribution in [1.29, 1.82) is 0 Å². The Kier molecular flexibility index (Phi) is 2.83. The number of nitrogens with zero attached hydrogens (tertiary/aromatic N) is 1. The average molecular weight is 196 g/mol. The van der Waals surface area contributed by atoms with Gasteiger partial charge >= 0.3 is 6.03 Å². The third-order valence-corrected chi connectivity index (χ3v) is 2.20. The van der Waals surface area contributed by atoms with E-state index in [9.17, 15) is 4.79 Å². The van der Waals surface area contributed by atoms with E-state index in [4.69, 9.17) is 5.73 Å². The van der Waals surface area contributed by atoms with E-state index in [0.29, 0.717) is 0 Å². The number of amides is 2. The Morgan fingerprint density at radius 3 is 2.54 bits per heavy atom. The van der Waals surface area contributed by atoms with Gasteiger partial charge in [0.05, 0.1) is 5.69 Å². The molecule has 0 aliphatic rings. The van der Waals surface area contributed by atoms with Gasteiger partial charge in [-0.1, -0.05) is 30.5 Å². The number of urea groups is 1. The van der Waals surface area contributed by atoms with Gasteiger partial charge in [0.25, 0.3) is 0 Å². The highest BCUT2D eigenvalue weighted by Gasteiger charge is 2.09. The second kappa shape index (κ2) is 3.70. The summed E-state index contributed by atoms with van der Waals surface area (Å²) in [6.45, 7) is 3.90. The summed E-state index contributed by atoms with van der Waals surface area (Å²) in [6, 6.07) is 5.13. The Morgan fingerprint density at radius 1 is 1.46 bits per heavy atom. The number of aryl methyl sites for hydroxylation is 2. The topological polar surface area (TPSA) is 46.3 Å². The SMILES string of the molecule is Cc1ccc(N(S)C(N)=O)c(C)c1. The average Bonchev–Trinajstić information content (AvgIpc) is 2.03. The Morgan fingerprint density at radius 2 is 2.08 bits per heavy atom. The number of hydrogen-bond acceptors (Lipinski definition) is 2. The largest absolute Gasteiger partial charge is 0.350 e. The maximum Gasteiger partial charge on any atom is 0.329 e. The molecule has 2 amide bonds. The van der Waals surface area contributed by atoms with E-state index in [1.807, 2.05) is 32.0 Å². The van der Waals surface area contributed by atoms with Crippen LogP contribution in [0.1, 0.15) is 11.1 Å². The fourth-order valence-corrected chi connectivity index (χ4v) is 1.39. The molecule has 0 fully saturated rings. The predicted molar refractivity (Wildman–Crippen MR) is 57.0 cm³/mol. The highest BCUT2D eigenvalue weighted by atomic mass is 32.1. The van der Waals surface area contributed by atoms with E-state index in [-0.39, 0.29) is 0 Å². The molecule has 0 saturated carbocycles. The van der Waals surface area contributed by atoms with Crippen LogP contribution in [-0.4, -0.2) is 6.03 Å². The molecule has 0 spiro atoms. The molecule has 0 heterocycles. The van der Waals surface area contributed by atoms with E-state index in [2.05, 4.69) is 12.8 Å². The van der Waals surface area contributed by atoms with E-state index in [1.54, 1.807) is 0 Å². The number of thiol groups is 1. The molecule has 1 rings (SSSR count). The molecular weight excluding hydrogens is 184 g/mol. The van der Waals surface area contributed by atoms with Crippen molar-refractivity contribution in [2.75, 3.05) is 4.31 Å². The second-order valence-electron chi connectivity index (χ2n) is 2.94. The Balaban J connectivity index is 3.08. The molecule has 1 aromatic carbocycles. The molecule has 0 saturated heterocycles. The Labute approximate surface area is 83.1 Å². The number of primary amides is 1. The van der Waals surface area contributed by atoms with Crippen LogP contribution in [0.2, 0.25) is 0 Å². The first-order chi connectivity index (χ1) is 6.02. The predicted octanol–water partition coefficient (Wildman–Crippen LogP) is 2.03. The number of rotatable bonds is 1. The standard InChI is InChI=1S/C9H12N2OS/c1-6-3-4-8(7(2)5-6)11(13)9(10)12/h3-5,13H,1-2H3,(H2,10,12). The molecule has 0 radical (unpaired) electrons. The summed E-state index contributed by atoms with van der Waals surface area (Å²) >= 11 is 3.98. The number of carbonyl (C=O) groups is 1. The fraction of sp³-hybridized carbons (Fsp3) is 0.222. The summed E-state index contributed by atoms with van der Waals surface area (Å²) in [7, 11) is 0. The van der Waals surface area contributed by atoms with Crippen LogP contribution in [0, 0.1) is 13.8 Å². The summed E-state index contributed by atoms with van der Waals surface area (Å²) in [5.41, 5.74) is 7.94. The zero-order chi connectivity index (χ0) is 10.0. The lowest BCUT2D eigenvalue weighted by Gasteiger charge is -2.15. The zero-order valence-electron chi connectivity index (χ0n) is 7.61. The number of benzene rings is 1. The molecule has 2 N–H and O–H groups in total. The maximum absolute atomic E-state index is 10.8. The minimum absolute atomic E-state index is 0.574. The molecule has 3 nitrogen and oxygen atoms in total. The third-order valence-electron chi connectivity index (χ3n) is 1.79. The maximum atomic E-state index is 10.8. The fourth-order valence-electron chi connectivity index (χ4n) is 1.16. The molecule has 0 bridgehead atoms. The van der Waals surface area contributed by atoms with Gasteiger partial charge in [0.15, 0.2) is 0 Å². The van der Waals surface area contributed by atoms with Crippen LogP contribution in [-0.2, 0) is 0 Å². The van der Waals surface area contributed by atoms with Crippen LogP contribution >= 0.6 is 12.8 Å². The van der Waals surface area contributed by atoms with E-state index in [0.717, 1.165) is 21.1 Å².